The minimum Gasteiger partial charge on any atom is -0.493 e. The summed E-state index contributed by atoms with van der Waals surface area (Å²) in [5.41, 5.74) is 2.20. The number of carbonyl (C=O) groups excluding carboxylic acids is 1. The van der Waals surface area contributed by atoms with Gasteiger partial charge in [0.2, 0.25) is 5.75 Å². The fourth-order valence-corrected chi connectivity index (χ4v) is 5.47. The van der Waals surface area contributed by atoms with E-state index in [1.165, 1.54) is 51.3 Å². The average molecular weight is 600 g/mol. The van der Waals surface area contributed by atoms with Crippen molar-refractivity contribution in [1.29, 1.82) is 0 Å². The number of benzene rings is 2. The second kappa shape index (κ2) is 13.2. The smallest absolute Gasteiger partial charge is 0.275 e. The molecule has 222 valence electrons. The van der Waals surface area contributed by atoms with E-state index in [4.69, 9.17) is 24.6 Å². The average Bonchev–Trinajstić information content (AvgIpc) is 3.22. The van der Waals surface area contributed by atoms with Crippen molar-refractivity contribution in [3.05, 3.63) is 85.1 Å². The van der Waals surface area contributed by atoms with E-state index in [1.807, 2.05) is 12.1 Å². The molecule has 3 aromatic rings. The first kappa shape index (κ1) is 30.7. The van der Waals surface area contributed by atoms with Crippen molar-refractivity contribution in [2.75, 3.05) is 27.6 Å². The fourth-order valence-electron chi connectivity index (χ4n) is 5.01. The summed E-state index contributed by atoms with van der Waals surface area (Å²) < 4.78 is 17.0. The summed E-state index contributed by atoms with van der Waals surface area (Å²) >= 11 is 1.30. The maximum Gasteiger partial charge on any atom is 0.275 e. The molecule has 0 aromatic heterocycles. The third kappa shape index (κ3) is 6.17. The number of nitrogens with one attached hydrogen (secondary N) is 1. The topological polar surface area (TPSA) is 170 Å². The Morgan fingerprint density at radius 3 is 2.45 bits per heavy atom. The Balaban J connectivity index is 1.84. The first-order valence-corrected chi connectivity index (χ1v) is 13.8. The number of fused-ring (bicyclic) bond motifs is 3. The van der Waals surface area contributed by atoms with Crippen molar-refractivity contribution >= 4 is 23.4 Å². The van der Waals surface area contributed by atoms with Crippen molar-refractivity contribution in [3.63, 3.8) is 0 Å². The van der Waals surface area contributed by atoms with Crippen LogP contribution in [0, 0.1) is 10.1 Å². The number of nitro benzene ring substituents is 1. The van der Waals surface area contributed by atoms with E-state index >= 15 is 0 Å². The second-order valence-corrected chi connectivity index (χ2v) is 10.00. The summed E-state index contributed by atoms with van der Waals surface area (Å²) in [6.07, 6.45) is 2.67. The van der Waals surface area contributed by atoms with Crippen LogP contribution in [0.15, 0.2) is 52.2 Å². The monoisotopic (exact) mass is 599 g/mol. The van der Waals surface area contributed by atoms with Gasteiger partial charge in [0, 0.05) is 17.2 Å². The van der Waals surface area contributed by atoms with Crippen LogP contribution in [0.3, 0.4) is 0 Å². The molecule has 3 aromatic carbocycles. The highest BCUT2D eigenvalue weighted by Gasteiger charge is 2.30. The van der Waals surface area contributed by atoms with E-state index in [-0.39, 0.29) is 22.2 Å². The zero-order chi connectivity index (χ0) is 30.6. The van der Waals surface area contributed by atoms with Crippen molar-refractivity contribution in [2.24, 2.45) is 0 Å². The first-order valence-electron chi connectivity index (χ1n) is 12.6. The SMILES string of the molecule is COc1cc2c(c(OC)c1OC)-c1ccc(SC)c(=O)cc1[C@@H](NC(=O)c1ccc([N+](=O)[O-])c(CON(O)O)c1)CC2. The molecular weight excluding hydrogens is 570 g/mol. The number of nitro groups is 1. The van der Waals surface area contributed by atoms with E-state index in [9.17, 15) is 19.7 Å². The maximum atomic E-state index is 13.5. The normalized spacial score (nSPS) is 13.9. The highest BCUT2D eigenvalue weighted by Crippen LogP contribution is 2.50. The summed E-state index contributed by atoms with van der Waals surface area (Å²) in [5, 5.41) is 31.6. The van der Waals surface area contributed by atoms with Gasteiger partial charge in [-0.3, -0.25) is 30.1 Å². The van der Waals surface area contributed by atoms with Gasteiger partial charge in [0.15, 0.2) is 16.9 Å². The summed E-state index contributed by atoms with van der Waals surface area (Å²) in [6, 6.07) is 9.90. The molecule has 0 radical (unpaired) electrons. The van der Waals surface area contributed by atoms with Gasteiger partial charge in [0.1, 0.15) is 6.61 Å². The highest BCUT2D eigenvalue weighted by atomic mass is 32.2. The lowest BCUT2D eigenvalue weighted by Crippen LogP contribution is -2.29. The summed E-state index contributed by atoms with van der Waals surface area (Å²) in [5.74, 6) is 0.711. The van der Waals surface area contributed by atoms with Crippen LogP contribution in [-0.2, 0) is 17.9 Å². The van der Waals surface area contributed by atoms with E-state index < -0.39 is 28.9 Å². The van der Waals surface area contributed by atoms with Gasteiger partial charge in [-0.05, 0) is 66.1 Å². The van der Waals surface area contributed by atoms with Gasteiger partial charge in [-0.15, -0.1) is 11.8 Å². The molecule has 0 saturated heterocycles. The first-order chi connectivity index (χ1) is 20.1. The van der Waals surface area contributed by atoms with E-state index in [1.54, 1.807) is 12.3 Å². The van der Waals surface area contributed by atoms with Crippen molar-refractivity contribution in [3.8, 4) is 28.4 Å². The Bertz CT molecular complexity index is 1580. The molecule has 1 atom stereocenters. The number of amides is 1. The van der Waals surface area contributed by atoms with Crippen LogP contribution in [0.1, 0.15) is 39.5 Å². The Morgan fingerprint density at radius 1 is 1.10 bits per heavy atom. The third-order valence-corrected chi connectivity index (χ3v) is 7.68. The molecule has 14 heteroatoms. The minimum atomic E-state index is -0.673. The highest BCUT2D eigenvalue weighted by molar-refractivity contribution is 7.98. The van der Waals surface area contributed by atoms with Gasteiger partial charge in [-0.1, -0.05) is 6.07 Å². The molecule has 0 spiro atoms. The molecule has 0 saturated carbocycles. The lowest BCUT2D eigenvalue weighted by Gasteiger charge is -2.20. The molecule has 4 rings (SSSR count). The van der Waals surface area contributed by atoms with E-state index in [0.717, 1.165) is 11.6 Å². The third-order valence-electron chi connectivity index (χ3n) is 6.90. The maximum absolute atomic E-state index is 13.5. The van der Waals surface area contributed by atoms with E-state index in [0.29, 0.717) is 51.7 Å². The molecular formula is C28H29N3O10S. The fraction of sp³-hybridized carbons (Fsp3) is 0.286. The molecule has 0 heterocycles. The van der Waals surface area contributed by atoms with Crippen LogP contribution in [0.4, 0.5) is 5.69 Å². The van der Waals surface area contributed by atoms with Crippen LogP contribution in [0.2, 0.25) is 0 Å². The van der Waals surface area contributed by atoms with Crippen LogP contribution in [-0.4, -0.2) is 54.2 Å². The number of methoxy groups -OCH3 is 3. The molecule has 1 aliphatic rings. The molecule has 42 heavy (non-hydrogen) atoms. The summed E-state index contributed by atoms with van der Waals surface area (Å²) in [4.78, 5) is 42.5. The van der Waals surface area contributed by atoms with Gasteiger partial charge < -0.3 is 19.5 Å². The molecule has 1 aliphatic carbocycles. The lowest BCUT2D eigenvalue weighted by molar-refractivity contribution is -0.497. The summed E-state index contributed by atoms with van der Waals surface area (Å²) in [7, 11) is 4.54. The molecule has 3 N–H and O–H groups in total. The van der Waals surface area contributed by atoms with Gasteiger partial charge >= 0.3 is 0 Å². The number of hydrogen-bond donors (Lipinski definition) is 3. The number of nitrogens with zero attached hydrogens (tertiary/aromatic N) is 2. The minimum absolute atomic E-state index is 0.0591. The van der Waals surface area contributed by atoms with Crippen LogP contribution >= 0.6 is 11.8 Å². The summed E-state index contributed by atoms with van der Waals surface area (Å²) in [6.45, 7) is -0.581. The molecule has 0 fully saturated rings. The zero-order valence-corrected chi connectivity index (χ0v) is 24.0. The van der Waals surface area contributed by atoms with Crippen molar-refractivity contribution in [2.45, 2.75) is 30.4 Å². The molecule has 0 unspecified atom stereocenters. The second-order valence-electron chi connectivity index (χ2n) is 9.15. The van der Waals surface area contributed by atoms with Gasteiger partial charge in [0.05, 0.1) is 48.1 Å². The number of hydrogen-bond acceptors (Lipinski definition) is 12. The van der Waals surface area contributed by atoms with Crippen molar-refractivity contribution < 1.29 is 39.2 Å². The number of rotatable bonds is 10. The van der Waals surface area contributed by atoms with Gasteiger partial charge in [0.25, 0.3) is 11.6 Å². The number of aryl methyl sites for hydroxylation is 1. The Kier molecular flexibility index (Phi) is 9.65. The van der Waals surface area contributed by atoms with Crippen molar-refractivity contribution in [1.82, 2.24) is 10.7 Å². The molecule has 1 amide bonds. The van der Waals surface area contributed by atoms with E-state index in [2.05, 4.69) is 10.2 Å². The van der Waals surface area contributed by atoms with Crippen LogP contribution in [0.5, 0.6) is 17.2 Å². The molecule has 13 nitrogen and oxygen atoms in total. The zero-order valence-electron chi connectivity index (χ0n) is 23.2. The Labute approximate surface area is 244 Å². The standard InChI is InChI=1S/C28H29N3O10S/c1-38-23-12-15-5-8-20(29-28(33)16-6-9-21(30(34)35)17(11-16)14-41-31(36)37)19-13-22(32)24(42-4)10-7-18(19)25(15)27(40-3)26(23)39-2/h6-7,9-13,20,36-37H,5,8,14H2,1-4H3,(H,29,33)/t20-/m0/s1. The predicted octanol–water partition coefficient (Wildman–Crippen LogP) is 4.30. The van der Waals surface area contributed by atoms with Crippen LogP contribution < -0.4 is 25.0 Å². The Morgan fingerprint density at radius 2 is 1.83 bits per heavy atom. The number of thioether (sulfide) groups is 1. The number of carbonyl (C=O) groups is 1. The number of ether oxygens (including phenoxy) is 3. The Hall–Kier alpha value is -4.21. The quantitative estimate of drug-likeness (QED) is 0.172. The van der Waals surface area contributed by atoms with Crippen LogP contribution in [0.25, 0.3) is 11.1 Å². The molecule has 0 aliphatic heterocycles. The molecule has 0 bridgehead atoms. The van der Waals surface area contributed by atoms with Gasteiger partial charge in [-0.2, -0.15) is 0 Å². The van der Waals surface area contributed by atoms with Gasteiger partial charge in [-0.25, -0.2) is 4.84 Å². The predicted molar refractivity (Wildman–Crippen MR) is 151 cm³/mol. The largest absolute Gasteiger partial charge is 0.493 e. The lowest BCUT2D eigenvalue weighted by atomic mass is 9.95.